The Kier molecular flexibility index (Phi) is 10.7. The maximum Gasteiger partial charge on any atom is 0.338 e. The molecule has 0 saturated carbocycles. The van der Waals surface area contributed by atoms with E-state index >= 15 is 4.39 Å². The SMILES string of the molecule is O=C(OCC1OC(c2ccc(Cl)c(Cc3cc4ccccc4s3)c2)[C@H](OC(=O)c2ccccc2)C(OC(=O)c2ccccc2)C1F)c1ccccc1. The van der Waals surface area contributed by atoms with Gasteiger partial charge in [-0.1, -0.05) is 96.5 Å². The summed E-state index contributed by atoms with van der Waals surface area (Å²) in [5, 5.41) is 1.61. The lowest BCUT2D eigenvalue weighted by Crippen LogP contribution is -2.56. The molecule has 0 aliphatic carbocycles. The molecule has 1 aromatic heterocycles. The van der Waals surface area contributed by atoms with Gasteiger partial charge in [-0.15, -0.1) is 11.3 Å². The molecule has 1 fully saturated rings. The van der Waals surface area contributed by atoms with E-state index in [0.29, 0.717) is 17.0 Å². The first-order chi connectivity index (χ1) is 25.3. The zero-order valence-electron chi connectivity index (χ0n) is 27.6. The number of hydrogen-bond donors (Lipinski definition) is 0. The first-order valence-corrected chi connectivity index (χ1v) is 17.8. The predicted molar refractivity (Wildman–Crippen MR) is 197 cm³/mol. The van der Waals surface area contributed by atoms with Crippen LogP contribution in [0.4, 0.5) is 4.39 Å². The lowest BCUT2D eigenvalue weighted by molar-refractivity contribution is -0.214. The van der Waals surface area contributed by atoms with Crippen molar-refractivity contribution in [2.24, 2.45) is 0 Å². The van der Waals surface area contributed by atoms with Crippen molar-refractivity contribution >= 4 is 50.9 Å². The minimum Gasteiger partial charge on any atom is -0.459 e. The Balaban J connectivity index is 1.26. The summed E-state index contributed by atoms with van der Waals surface area (Å²) >= 11 is 8.38. The molecule has 1 saturated heterocycles. The second-order valence-corrected chi connectivity index (χ2v) is 13.8. The van der Waals surface area contributed by atoms with Gasteiger partial charge >= 0.3 is 17.9 Å². The van der Waals surface area contributed by atoms with Crippen LogP contribution in [0.1, 0.15) is 53.2 Å². The average molecular weight is 735 g/mol. The van der Waals surface area contributed by atoms with Gasteiger partial charge in [0.15, 0.2) is 18.4 Å². The normalized spacial score (nSPS) is 19.8. The number of rotatable bonds is 10. The van der Waals surface area contributed by atoms with Gasteiger partial charge in [-0.3, -0.25) is 0 Å². The highest BCUT2D eigenvalue weighted by Crippen LogP contribution is 2.40. The van der Waals surface area contributed by atoms with Gasteiger partial charge in [0.25, 0.3) is 0 Å². The molecule has 7 rings (SSSR count). The molecular weight excluding hydrogens is 703 g/mol. The molecule has 5 aromatic carbocycles. The lowest BCUT2D eigenvalue weighted by Gasteiger charge is -2.42. The summed E-state index contributed by atoms with van der Waals surface area (Å²) in [5.41, 5.74) is 1.92. The largest absolute Gasteiger partial charge is 0.459 e. The van der Waals surface area contributed by atoms with E-state index in [2.05, 4.69) is 12.1 Å². The van der Waals surface area contributed by atoms with E-state index in [4.69, 9.17) is 30.5 Å². The van der Waals surface area contributed by atoms with Crippen LogP contribution in [0.15, 0.2) is 140 Å². The van der Waals surface area contributed by atoms with Gasteiger partial charge in [0.1, 0.15) is 18.8 Å². The third kappa shape index (κ3) is 7.92. The fourth-order valence-corrected chi connectivity index (χ4v) is 7.40. The number of esters is 3. The van der Waals surface area contributed by atoms with Gasteiger partial charge in [-0.25, -0.2) is 18.8 Å². The molecule has 6 aromatic rings. The van der Waals surface area contributed by atoms with Gasteiger partial charge in [0, 0.05) is 21.0 Å². The topological polar surface area (TPSA) is 88.1 Å². The Morgan fingerprint density at radius 1 is 0.673 bits per heavy atom. The first-order valence-electron chi connectivity index (χ1n) is 16.6. The highest BCUT2D eigenvalue weighted by atomic mass is 35.5. The van der Waals surface area contributed by atoms with Crippen LogP contribution >= 0.6 is 22.9 Å². The Bertz CT molecular complexity index is 2140. The summed E-state index contributed by atoms with van der Waals surface area (Å²) in [6.07, 6.45) is -7.24. The van der Waals surface area contributed by atoms with Gasteiger partial charge in [0.2, 0.25) is 0 Å². The number of ether oxygens (including phenoxy) is 4. The molecule has 0 bridgehead atoms. The monoisotopic (exact) mass is 734 g/mol. The van der Waals surface area contributed by atoms with Crippen LogP contribution in [-0.2, 0) is 25.4 Å². The van der Waals surface area contributed by atoms with Crippen LogP contribution in [-0.4, -0.2) is 49.0 Å². The highest BCUT2D eigenvalue weighted by Gasteiger charge is 2.52. The molecule has 1 aliphatic rings. The van der Waals surface area contributed by atoms with E-state index in [1.54, 1.807) is 102 Å². The van der Waals surface area contributed by atoms with Crippen molar-refractivity contribution in [3.63, 3.8) is 0 Å². The van der Waals surface area contributed by atoms with Crippen LogP contribution in [0.3, 0.4) is 0 Å². The molecule has 52 heavy (non-hydrogen) atoms. The molecule has 7 nitrogen and oxygen atoms in total. The first kappa shape index (κ1) is 35.1. The fourth-order valence-electron chi connectivity index (χ4n) is 6.13. The smallest absolute Gasteiger partial charge is 0.338 e. The fraction of sp³-hybridized carbons (Fsp3) is 0.167. The van der Waals surface area contributed by atoms with E-state index < -0.39 is 55.1 Å². The molecule has 4 unspecified atom stereocenters. The predicted octanol–water partition coefficient (Wildman–Crippen LogP) is 9.23. The number of carbonyl (C=O) groups excluding carboxylic acids is 3. The minimum atomic E-state index is -2.06. The Hall–Kier alpha value is -5.35. The minimum absolute atomic E-state index is 0.176. The Morgan fingerprint density at radius 2 is 1.23 bits per heavy atom. The van der Waals surface area contributed by atoms with Crippen molar-refractivity contribution in [1.82, 2.24) is 0 Å². The molecule has 0 radical (unpaired) electrons. The van der Waals surface area contributed by atoms with Crippen LogP contribution < -0.4 is 0 Å². The molecular formula is C42H32ClFO7S. The zero-order valence-corrected chi connectivity index (χ0v) is 29.2. The summed E-state index contributed by atoms with van der Waals surface area (Å²) < 4.78 is 41.7. The summed E-state index contributed by atoms with van der Waals surface area (Å²) in [7, 11) is 0. The lowest BCUT2D eigenvalue weighted by atomic mass is 9.90. The third-order valence-corrected chi connectivity index (χ3v) is 10.2. The molecule has 10 heteroatoms. The summed E-state index contributed by atoms with van der Waals surface area (Å²) in [5.74, 6) is -2.27. The van der Waals surface area contributed by atoms with Crippen molar-refractivity contribution in [2.75, 3.05) is 6.61 Å². The van der Waals surface area contributed by atoms with E-state index in [1.807, 2.05) is 24.3 Å². The van der Waals surface area contributed by atoms with Crippen molar-refractivity contribution < 1.29 is 37.7 Å². The zero-order chi connectivity index (χ0) is 36.0. The van der Waals surface area contributed by atoms with Crippen molar-refractivity contribution in [1.29, 1.82) is 0 Å². The number of thiophene rings is 1. The number of hydrogen-bond acceptors (Lipinski definition) is 8. The van der Waals surface area contributed by atoms with Crippen molar-refractivity contribution in [2.45, 2.75) is 37.0 Å². The Labute approximate surface area is 308 Å². The van der Waals surface area contributed by atoms with Crippen LogP contribution in [0.25, 0.3) is 10.1 Å². The standard InChI is InChI=1S/C42H32ClFO7S/c43-33-21-20-30(22-31(33)24-32-23-29-18-10-11-19-35(29)52-32)37-39(51-42(47)28-16-8-3-9-17-28)38(50-41(46)27-14-6-2-7-15-27)36(44)34(49-37)25-48-40(45)26-12-4-1-5-13-26/h1-23,34,36-39H,24-25H2/t34?,36?,37?,38?,39-/m0/s1. The van der Waals surface area contributed by atoms with Crippen LogP contribution in [0, 0.1) is 0 Å². The molecule has 262 valence electrons. The Morgan fingerprint density at radius 3 is 1.85 bits per heavy atom. The van der Waals surface area contributed by atoms with E-state index in [0.717, 1.165) is 20.5 Å². The van der Waals surface area contributed by atoms with Gasteiger partial charge in [-0.05, 0) is 71.1 Å². The molecule has 0 amide bonds. The number of carbonyl (C=O) groups is 3. The maximum absolute atomic E-state index is 16.8. The van der Waals surface area contributed by atoms with E-state index in [9.17, 15) is 14.4 Å². The van der Waals surface area contributed by atoms with E-state index in [1.165, 1.54) is 12.1 Å². The summed E-state index contributed by atoms with van der Waals surface area (Å²) in [4.78, 5) is 41.0. The number of halogens is 2. The molecule has 5 atom stereocenters. The number of benzene rings is 5. The van der Waals surface area contributed by atoms with Crippen molar-refractivity contribution in [3.8, 4) is 0 Å². The average Bonchev–Trinajstić information content (AvgIpc) is 3.60. The maximum atomic E-state index is 16.8. The van der Waals surface area contributed by atoms with Gasteiger partial charge < -0.3 is 18.9 Å². The summed E-state index contributed by atoms with van der Waals surface area (Å²) in [6.45, 7) is -0.508. The van der Waals surface area contributed by atoms with Crippen molar-refractivity contribution in [3.05, 3.63) is 177 Å². The van der Waals surface area contributed by atoms with Crippen LogP contribution in [0.2, 0.25) is 5.02 Å². The third-order valence-electron chi connectivity index (χ3n) is 8.75. The molecule has 0 N–H and O–H groups in total. The second kappa shape index (κ2) is 15.9. The van der Waals surface area contributed by atoms with E-state index in [-0.39, 0.29) is 16.7 Å². The summed E-state index contributed by atoms with van der Waals surface area (Å²) in [6, 6.07) is 40.0. The second-order valence-electron chi connectivity index (χ2n) is 12.3. The quantitative estimate of drug-likeness (QED) is 0.102. The number of fused-ring (bicyclic) bond motifs is 1. The molecule has 0 spiro atoms. The number of alkyl halides is 1. The van der Waals surface area contributed by atoms with Gasteiger partial charge in [0.05, 0.1) is 16.7 Å². The van der Waals surface area contributed by atoms with Crippen LogP contribution in [0.5, 0.6) is 0 Å². The molecule has 2 heterocycles. The molecule has 1 aliphatic heterocycles. The van der Waals surface area contributed by atoms with Gasteiger partial charge in [-0.2, -0.15) is 0 Å². The highest BCUT2D eigenvalue weighted by molar-refractivity contribution is 7.19.